The van der Waals surface area contributed by atoms with Gasteiger partial charge in [-0.05, 0) is 19.1 Å². The predicted molar refractivity (Wildman–Crippen MR) is 81.5 cm³/mol. The lowest BCUT2D eigenvalue weighted by atomic mass is 10.2. The molecule has 2 heterocycles. The third kappa shape index (κ3) is 2.68. The van der Waals surface area contributed by atoms with Crippen LogP contribution in [0.25, 0.3) is 4.96 Å². The maximum absolute atomic E-state index is 11.8. The third-order valence-corrected chi connectivity index (χ3v) is 3.86. The topological polar surface area (TPSA) is 86.7 Å². The van der Waals surface area contributed by atoms with Gasteiger partial charge in [-0.15, -0.1) is 11.3 Å². The molecule has 0 amide bonds. The largest absolute Gasteiger partial charge is 0.487 e. The smallest absolute Gasteiger partial charge is 0.272 e. The summed E-state index contributed by atoms with van der Waals surface area (Å²) in [5, 5.41) is 12.6. The van der Waals surface area contributed by atoms with E-state index >= 15 is 0 Å². The van der Waals surface area contributed by atoms with Gasteiger partial charge in [-0.1, -0.05) is 0 Å². The normalized spacial score (nSPS) is 10.8. The molecule has 0 unspecified atom stereocenters. The van der Waals surface area contributed by atoms with Crippen molar-refractivity contribution in [3.8, 4) is 5.75 Å². The van der Waals surface area contributed by atoms with E-state index in [0.717, 1.165) is 0 Å². The molecular formula is C14H11N3O4S. The van der Waals surface area contributed by atoms with Gasteiger partial charge in [-0.3, -0.25) is 19.3 Å². The van der Waals surface area contributed by atoms with Crippen molar-refractivity contribution in [2.75, 3.05) is 0 Å². The van der Waals surface area contributed by atoms with Crippen molar-refractivity contribution < 1.29 is 9.66 Å². The number of hydrogen-bond acceptors (Lipinski definition) is 6. The second-order valence-corrected chi connectivity index (χ2v) is 5.51. The number of rotatable bonds is 4. The lowest BCUT2D eigenvalue weighted by Crippen LogP contribution is -2.14. The van der Waals surface area contributed by atoms with Crippen LogP contribution in [0.1, 0.15) is 11.3 Å². The van der Waals surface area contributed by atoms with Crippen LogP contribution in [-0.2, 0) is 6.61 Å². The van der Waals surface area contributed by atoms with E-state index < -0.39 is 4.92 Å². The lowest BCUT2D eigenvalue weighted by molar-refractivity contribution is -0.385. The zero-order valence-electron chi connectivity index (χ0n) is 11.6. The number of fused-ring (bicyclic) bond motifs is 1. The number of aromatic nitrogens is 2. The molecule has 0 spiro atoms. The van der Waals surface area contributed by atoms with Crippen LogP contribution in [-0.4, -0.2) is 14.3 Å². The molecule has 2 aromatic heterocycles. The molecule has 0 aliphatic carbocycles. The fourth-order valence-corrected chi connectivity index (χ4v) is 2.78. The van der Waals surface area contributed by atoms with E-state index in [1.54, 1.807) is 24.6 Å². The van der Waals surface area contributed by atoms with Gasteiger partial charge in [0.2, 0.25) is 0 Å². The summed E-state index contributed by atoms with van der Waals surface area (Å²) < 4.78 is 7.02. The summed E-state index contributed by atoms with van der Waals surface area (Å²) in [5.41, 5.74) is 0.918. The van der Waals surface area contributed by atoms with Gasteiger partial charge in [0.05, 0.1) is 10.6 Å². The first kappa shape index (κ1) is 14.2. The summed E-state index contributed by atoms with van der Waals surface area (Å²) >= 11 is 1.37. The highest BCUT2D eigenvalue weighted by Crippen LogP contribution is 2.23. The fraction of sp³-hybridized carbons (Fsp3) is 0.143. The Morgan fingerprint density at radius 2 is 2.23 bits per heavy atom. The maximum atomic E-state index is 11.8. The average molecular weight is 317 g/mol. The number of ether oxygens (including phenoxy) is 1. The number of benzene rings is 1. The molecule has 0 fully saturated rings. The van der Waals surface area contributed by atoms with E-state index in [1.807, 2.05) is 0 Å². The fourth-order valence-electron chi connectivity index (χ4n) is 2.04. The Labute approximate surface area is 128 Å². The van der Waals surface area contributed by atoms with Gasteiger partial charge in [0.1, 0.15) is 12.4 Å². The number of aryl methyl sites for hydroxylation is 1. The molecule has 0 saturated heterocycles. The molecule has 3 aromatic rings. The zero-order chi connectivity index (χ0) is 15.7. The molecular weight excluding hydrogens is 306 g/mol. The van der Waals surface area contributed by atoms with Gasteiger partial charge < -0.3 is 4.74 Å². The molecule has 0 aliphatic rings. The van der Waals surface area contributed by atoms with E-state index in [4.69, 9.17) is 4.74 Å². The van der Waals surface area contributed by atoms with Gasteiger partial charge in [-0.2, -0.15) is 0 Å². The molecule has 3 rings (SSSR count). The van der Waals surface area contributed by atoms with Gasteiger partial charge >= 0.3 is 0 Å². The molecule has 0 saturated carbocycles. The summed E-state index contributed by atoms with van der Waals surface area (Å²) in [6.07, 6.45) is 1.67. The monoisotopic (exact) mass is 317 g/mol. The van der Waals surface area contributed by atoms with E-state index in [9.17, 15) is 14.9 Å². The number of nitro benzene ring substituents is 1. The molecule has 8 heteroatoms. The second-order valence-electron chi connectivity index (χ2n) is 4.64. The number of nitro groups is 1. The SMILES string of the molecule is Cc1cc(OCc2cc(=O)n3ccsc3n2)ccc1[N+](=O)[O-]. The predicted octanol–water partition coefficient (Wildman–Crippen LogP) is 2.55. The van der Waals surface area contributed by atoms with E-state index in [2.05, 4.69) is 4.98 Å². The van der Waals surface area contributed by atoms with Crippen molar-refractivity contribution in [2.45, 2.75) is 13.5 Å². The molecule has 0 atom stereocenters. The number of nitrogens with zero attached hydrogens (tertiary/aromatic N) is 3. The van der Waals surface area contributed by atoms with Crippen LogP contribution < -0.4 is 10.3 Å². The highest BCUT2D eigenvalue weighted by Gasteiger charge is 2.11. The van der Waals surface area contributed by atoms with Crippen LogP contribution in [0, 0.1) is 17.0 Å². The van der Waals surface area contributed by atoms with Crippen LogP contribution in [0.3, 0.4) is 0 Å². The van der Waals surface area contributed by atoms with Crippen LogP contribution in [0.4, 0.5) is 5.69 Å². The molecule has 1 aromatic carbocycles. The van der Waals surface area contributed by atoms with Gasteiger partial charge in [0, 0.05) is 29.3 Å². The quantitative estimate of drug-likeness (QED) is 0.545. The highest BCUT2D eigenvalue weighted by atomic mass is 32.1. The Morgan fingerprint density at radius 1 is 1.41 bits per heavy atom. The molecule has 0 aliphatic heterocycles. The first-order valence-corrected chi connectivity index (χ1v) is 7.26. The van der Waals surface area contributed by atoms with Crippen molar-refractivity contribution in [3.05, 3.63) is 67.6 Å². The van der Waals surface area contributed by atoms with Crippen LogP contribution in [0.15, 0.2) is 40.6 Å². The minimum absolute atomic E-state index is 0.0451. The maximum Gasteiger partial charge on any atom is 0.272 e. The summed E-state index contributed by atoms with van der Waals surface area (Å²) in [6, 6.07) is 5.93. The zero-order valence-corrected chi connectivity index (χ0v) is 12.4. The second kappa shape index (κ2) is 5.57. The number of hydrogen-bond donors (Lipinski definition) is 0. The van der Waals surface area contributed by atoms with Crippen LogP contribution in [0.5, 0.6) is 5.75 Å². The third-order valence-electron chi connectivity index (χ3n) is 3.11. The Morgan fingerprint density at radius 3 is 2.95 bits per heavy atom. The summed E-state index contributed by atoms with van der Waals surface area (Å²) in [4.78, 5) is 27.1. The molecule has 7 nitrogen and oxygen atoms in total. The van der Waals surface area contributed by atoms with Crippen molar-refractivity contribution >= 4 is 22.0 Å². The van der Waals surface area contributed by atoms with E-state index in [-0.39, 0.29) is 17.9 Å². The average Bonchev–Trinajstić information content (AvgIpc) is 2.93. The molecule has 112 valence electrons. The van der Waals surface area contributed by atoms with E-state index in [1.165, 1.54) is 33.9 Å². The first-order valence-electron chi connectivity index (χ1n) is 6.38. The van der Waals surface area contributed by atoms with Gasteiger partial charge in [0.25, 0.3) is 11.2 Å². The summed E-state index contributed by atoms with van der Waals surface area (Å²) in [5.74, 6) is 0.497. The molecule has 0 bridgehead atoms. The summed E-state index contributed by atoms with van der Waals surface area (Å²) in [7, 11) is 0. The Hall–Kier alpha value is -2.74. The van der Waals surface area contributed by atoms with Gasteiger partial charge in [0.15, 0.2) is 4.96 Å². The molecule has 22 heavy (non-hydrogen) atoms. The Balaban J connectivity index is 1.80. The van der Waals surface area contributed by atoms with Crippen molar-refractivity contribution in [1.82, 2.24) is 9.38 Å². The standard InChI is InChI=1S/C14H11N3O4S/c1-9-6-11(2-3-12(9)17(19)20)21-8-10-7-13(18)16-4-5-22-14(16)15-10/h2-7H,8H2,1H3. The van der Waals surface area contributed by atoms with Gasteiger partial charge in [-0.25, -0.2) is 4.98 Å². The number of thiazole rings is 1. The van der Waals surface area contributed by atoms with Crippen LogP contribution in [0.2, 0.25) is 0 Å². The van der Waals surface area contributed by atoms with Crippen molar-refractivity contribution in [2.24, 2.45) is 0 Å². The Bertz CT molecular complexity index is 916. The van der Waals surface area contributed by atoms with Crippen molar-refractivity contribution in [3.63, 3.8) is 0 Å². The van der Waals surface area contributed by atoms with E-state index in [0.29, 0.717) is 22.0 Å². The summed E-state index contributed by atoms with van der Waals surface area (Å²) in [6.45, 7) is 1.77. The first-order chi connectivity index (χ1) is 10.5. The van der Waals surface area contributed by atoms with Crippen LogP contribution >= 0.6 is 11.3 Å². The molecule has 0 N–H and O–H groups in total. The molecule has 0 radical (unpaired) electrons. The minimum Gasteiger partial charge on any atom is -0.487 e. The van der Waals surface area contributed by atoms with Crippen molar-refractivity contribution in [1.29, 1.82) is 0 Å². The highest BCUT2D eigenvalue weighted by molar-refractivity contribution is 7.15. The Kier molecular flexibility index (Phi) is 3.60. The lowest BCUT2D eigenvalue weighted by Gasteiger charge is -2.06. The minimum atomic E-state index is -0.438.